The molecule has 0 unspecified atom stereocenters. The van der Waals surface area contributed by atoms with Crippen molar-refractivity contribution in [2.24, 2.45) is 0 Å². The van der Waals surface area contributed by atoms with E-state index in [1.807, 2.05) is 24.3 Å². The Morgan fingerprint density at radius 1 is 0.875 bits per heavy atom. The normalized spacial score (nSPS) is 14.1. The lowest BCUT2D eigenvalue weighted by molar-refractivity contribution is 0.251. The minimum Gasteiger partial charge on any atom is -0.493 e. The van der Waals surface area contributed by atoms with Crippen LogP contribution in [0.2, 0.25) is 0 Å². The molecule has 6 nitrogen and oxygen atoms in total. The number of hydrogen-bond donors (Lipinski definition) is 0. The molecule has 3 aromatic rings. The van der Waals surface area contributed by atoms with Crippen LogP contribution < -0.4 is 14.4 Å². The number of aromatic nitrogens is 1. The molecule has 0 bridgehead atoms. The summed E-state index contributed by atoms with van der Waals surface area (Å²) in [5.41, 5.74) is 3.12. The molecule has 0 amide bonds. The van der Waals surface area contributed by atoms with E-state index in [2.05, 4.69) is 45.3 Å². The van der Waals surface area contributed by atoms with Gasteiger partial charge in [-0.3, -0.25) is 4.90 Å². The van der Waals surface area contributed by atoms with Crippen LogP contribution in [0.3, 0.4) is 0 Å². The van der Waals surface area contributed by atoms with E-state index >= 15 is 0 Å². The highest BCUT2D eigenvalue weighted by molar-refractivity contribution is 5.85. The standard InChI is InChI=1S/C25H31N3O3.ClH/c1-29-24-12-11-20(18-25(24)30-2)23-19-22(31-26-23)10-6-7-13-27-14-16-28(17-15-27)21-8-4-3-5-9-21;/h3-5,8-9,11-12,18-19H,6-7,10,13-17H2,1-2H3;1H. The zero-order valence-electron chi connectivity index (χ0n) is 18.8. The third-order valence-corrected chi connectivity index (χ3v) is 5.88. The number of rotatable bonds is 9. The summed E-state index contributed by atoms with van der Waals surface area (Å²) >= 11 is 0. The second kappa shape index (κ2) is 11.8. The van der Waals surface area contributed by atoms with Crippen LogP contribution in [0.5, 0.6) is 11.5 Å². The number of piperazine rings is 1. The first-order chi connectivity index (χ1) is 15.3. The molecule has 1 saturated heterocycles. The van der Waals surface area contributed by atoms with E-state index in [1.165, 1.54) is 5.69 Å². The average molecular weight is 458 g/mol. The second-order valence-corrected chi connectivity index (χ2v) is 7.87. The number of ether oxygens (including phenoxy) is 2. The molecular formula is C25H32ClN3O3. The van der Waals surface area contributed by atoms with E-state index in [4.69, 9.17) is 14.0 Å². The van der Waals surface area contributed by atoms with Gasteiger partial charge in [-0.15, -0.1) is 12.4 Å². The van der Waals surface area contributed by atoms with Crippen LogP contribution >= 0.6 is 12.4 Å². The monoisotopic (exact) mass is 457 g/mol. The van der Waals surface area contributed by atoms with Crippen LogP contribution in [0.1, 0.15) is 18.6 Å². The zero-order chi connectivity index (χ0) is 21.5. The van der Waals surface area contributed by atoms with E-state index in [9.17, 15) is 0 Å². The Bertz CT molecular complexity index is 956. The molecule has 0 aliphatic carbocycles. The molecule has 172 valence electrons. The van der Waals surface area contributed by atoms with Crippen molar-refractivity contribution in [3.63, 3.8) is 0 Å². The molecule has 0 saturated carbocycles. The Hall–Kier alpha value is -2.70. The summed E-state index contributed by atoms with van der Waals surface area (Å²) < 4.78 is 16.2. The topological polar surface area (TPSA) is 51.0 Å². The lowest BCUT2D eigenvalue weighted by Crippen LogP contribution is -2.46. The molecule has 1 aliphatic rings. The van der Waals surface area contributed by atoms with E-state index in [1.54, 1.807) is 14.2 Å². The first-order valence-electron chi connectivity index (χ1n) is 11.0. The highest BCUT2D eigenvalue weighted by Gasteiger charge is 2.16. The van der Waals surface area contributed by atoms with Gasteiger partial charge in [-0.2, -0.15) is 0 Å². The van der Waals surface area contributed by atoms with Crippen LogP contribution in [0, 0.1) is 0 Å². The van der Waals surface area contributed by atoms with Gasteiger partial charge in [0.05, 0.1) is 14.2 Å². The number of halogens is 1. The van der Waals surface area contributed by atoms with Crippen molar-refractivity contribution in [2.45, 2.75) is 19.3 Å². The molecule has 0 spiro atoms. The number of para-hydroxylation sites is 1. The lowest BCUT2D eigenvalue weighted by atomic mass is 10.1. The van der Waals surface area contributed by atoms with Crippen molar-refractivity contribution in [1.82, 2.24) is 10.1 Å². The smallest absolute Gasteiger partial charge is 0.161 e. The van der Waals surface area contributed by atoms with E-state index < -0.39 is 0 Å². The third-order valence-electron chi connectivity index (χ3n) is 5.88. The Labute approximate surface area is 196 Å². The maximum absolute atomic E-state index is 5.56. The van der Waals surface area contributed by atoms with Gasteiger partial charge >= 0.3 is 0 Å². The maximum Gasteiger partial charge on any atom is 0.161 e. The zero-order valence-corrected chi connectivity index (χ0v) is 19.6. The molecule has 4 rings (SSSR count). The van der Waals surface area contributed by atoms with Gasteiger partial charge in [-0.25, -0.2) is 0 Å². The van der Waals surface area contributed by atoms with Crippen LogP contribution in [0.25, 0.3) is 11.3 Å². The van der Waals surface area contributed by atoms with E-state index in [0.717, 1.165) is 69.0 Å². The first-order valence-corrected chi connectivity index (χ1v) is 11.0. The molecule has 2 aromatic carbocycles. The van der Waals surface area contributed by atoms with Crippen molar-refractivity contribution in [1.29, 1.82) is 0 Å². The molecule has 1 fully saturated rings. The summed E-state index contributed by atoms with van der Waals surface area (Å²) in [4.78, 5) is 5.04. The molecular weight excluding hydrogens is 426 g/mol. The van der Waals surface area contributed by atoms with Gasteiger partial charge in [-0.1, -0.05) is 23.4 Å². The molecule has 1 aromatic heterocycles. The maximum atomic E-state index is 5.56. The SMILES string of the molecule is COc1ccc(-c2cc(CCCCN3CCN(c4ccccc4)CC3)on2)cc1OC.Cl. The van der Waals surface area contributed by atoms with Crippen molar-refractivity contribution < 1.29 is 14.0 Å². The van der Waals surface area contributed by atoms with Gasteiger partial charge in [0.15, 0.2) is 11.5 Å². The Kier molecular flexibility index (Phi) is 8.82. The van der Waals surface area contributed by atoms with Gasteiger partial charge in [0.1, 0.15) is 11.5 Å². The van der Waals surface area contributed by atoms with Crippen LogP contribution in [0.15, 0.2) is 59.1 Å². The summed E-state index contributed by atoms with van der Waals surface area (Å²) in [6.45, 7) is 5.59. The van der Waals surface area contributed by atoms with Crippen LogP contribution in [-0.2, 0) is 6.42 Å². The Morgan fingerprint density at radius 2 is 1.62 bits per heavy atom. The fraction of sp³-hybridized carbons (Fsp3) is 0.400. The first kappa shape index (κ1) is 24.0. The molecule has 2 heterocycles. The predicted octanol–water partition coefficient (Wildman–Crippen LogP) is 4.93. The summed E-state index contributed by atoms with van der Waals surface area (Å²) in [5, 5.41) is 4.24. The number of hydrogen-bond acceptors (Lipinski definition) is 6. The van der Waals surface area contributed by atoms with Crippen molar-refractivity contribution in [3.8, 4) is 22.8 Å². The number of methoxy groups -OCH3 is 2. The molecule has 32 heavy (non-hydrogen) atoms. The summed E-state index contributed by atoms with van der Waals surface area (Å²) in [5.74, 6) is 2.33. The highest BCUT2D eigenvalue weighted by atomic mass is 35.5. The molecule has 0 N–H and O–H groups in total. The average Bonchev–Trinajstić information content (AvgIpc) is 3.31. The summed E-state index contributed by atoms with van der Waals surface area (Å²) in [7, 11) is 3.27. The predicted molar refractivity (Wildman–Crippen MR) is 130 cm³/mol. The molecule has 0 atom stereocenters. The van der Waals surface area contributed by atoms with Gasteiger partial charge in [0.2, 0.25) is 0 Å². The summed E-state index contributed by atoms with van der Waals surface area (Å²) in [6.07, 6.45) is 3.17. The van der Waals surface area contributed by atoms with Gasteiger partial charge < -0.3 is 18.9 Å². The van der Waals surface area contributed by atoms with Crippen molar-refractivity contribution in [3.05, 3.63) is 60.4 Å². The van der Waals surface area contributed by atoms with Crippen LogP contribution in [-0.4, -0.2) is 57.0 Å². The van der Waals surface area contributed by atoms with Crippen molar-refractivity contribution in [2.75, 3.05) is 51.8 Å². The minimum absolute atomic E-state index is 0. The highest BCUT2D eigenvalue weighted by Crippen LogP contribution is 2.32. The molecule has 0 radical (unpaired) electrons. The number of nitrogens with zero attached hydrogens (tertiary/aromatic N) is 3. The lowest BCUT2D eigenvalue weighted by Gasteiger charge is -2.36. The minimum atomic E-state index is 0. The fourth-order valence-corrected chi connectivity index (χ4v) is 4.07. The van der Waals surface area contributed by atoms with Crippen LogP contribution in [0.4, 0.5) is 5.69 Å². The third kappa shape index (κ3) is 5.96. The fourth-order valence-electron chi connectivity index (χ4n) is 4.07. The van der Waals surface area contributed by atoms with E-state index in [0.29, 0.717) is 11.5 Å². The molecule has 7 heteroatoms. The quantitative estimate of drug-likeness (QED) is 0.425. The summed E-state index contributed by atoms with van der Waals surface area (Å²) in [6, 6.07) is 18.5. The van der Waals surface area contributed by atoms with Gasteiger partial charge in [0.25, 0.3) is 0 Å². The number of anilines is 1. The second-order valence-electron chi connectivity index (χ2n) is 7.87. The number of unbranched alkanes of at least 4 members (excludes halogenated alkanes) is 1. The largest absolute Gasteiger partial charge is 0.493 e. The van der Waals surface area contributed by atoms with Gasteiger partial charge in [0, 0.05) is 49.9 Å². The van der Waals surface area contributed by atoms with Gasteiger partial charge in [-0.05, 0) is 49.7 Å². The Balaban J connectivity index is 0.00000289. The number of aryl methyl sites for hydroxylation is 1. The van der Waals surface area contributed by atoms with E-state index in [-0.39, 0.29) is 12.4 Å². The number of benzene rings is 2. The Morgan fingerprint density at radius 3 is 2.34 bits per heavy atom. The molecule has 1 aliphatic heterocycles. The van der Waals surface area contributed by atoms with Crippen molar-refractivity contribution >= 4 is 18.1 Å².